The Morgan fingerprint density at radius 2 is 1.80 bits per heavy atom. The number of H-pyrrole nitrogens is 1. The maximum absolute atomic E-state index is 13.1. The molecule has 1 aromatic heterocycles. The van der Waals surface area contributed by atoms with E-state index in [1.807, 2.05) is 62.4 Å². The van der Waals surface area contributed by atoms with Gasteiger partial charge in [-0.3, -0.25) is 0 Å². The van der Waals surface area contributed by atoms with Gasteiger partial charge in [-0.1, -0.05) is 62.4 Å². The molecule has 0 radical (unpaired) electrons. The molecule has 1 atom stereocenters. The van der Waals surface area contributed by atoms with Crippen molar-refractivity contribution in [1.29, 1.82) is 0 Å². The minimum absolute atomic E-state index is 0.0563. The third kappa shape index (κ3) is 6.86. The second-order valence-corrected chi connectivity index (χ2v) is 8.52. The summed E-state index contributed by atoms with van der Waals surface area (Å²) < 4.78 is 4.84. The molecule has 3 rings (SSSR count). The summed E-state index contributed by atoms with van der Waals surface area (Å²) in [7, 11) is 1.31. The summed E-state index contributed by atoms with van der Waals surface area (Å²) in [6, 6.07) is 14.6. The lowest BCUT2D eigenvalue weighted by atomic mass is 9.98. The monoisotopic (exact) mass is 480 g/mol. The van der Waals surface area contributed by atoms with Crippen LogP contribution in [0.4, 0.5) is 4.79 Å². The molecule has 10 heteroatoms. The standard InChI is InChI=1S/C25H32N6O4/c1-17(2)22(24(33)35-3)26-25(34)31(14-6-7-15-32)16-18-10-12-19(13-11-18)20-8-4-5-9-21(20)23-27-29-30-28-23/h4-5,8-13,17,22,32H,6-7,14-16H2,1-3H3,(H,26,34)(H,27,28,29,30). The highest BCUT2D eigenvalue weighted by atomic mass is 16.5. The van der Waals surface area contributed by atoms with Crippen LogP contribution in [0.1, 0.15) is 32.3 Å². The molecule has 0 aliphatic carbocycles. The van der Waals surface area contributed by atoms with Gasteiger partial charge in [0.2, 0.25) is 5.82 Å². The van der Waals surface area contributed by atoms with Crippen molar-refractivity contribution in [3.8, 4) is 22.5 Å². The predicted octanol–water partition coefficient (Wildman–Crippen LogP) is 3.02. The number of carbonyl (C=O) groups excluding carboxylic acids is 2. The van der Waals surface area contributed by atoms with E-state index in [1.165, 1.54) is 7.11 Å². The van der Waals surface area contributed by atoms with Crippen molar-refractivity contribution in [2.24, 2.45) is 5.92 Å². The van der Waals surface area contributed by atoms with E-state index in [1.54, 1.807) is 4.90 Å². The number of aliphatic hydroxyl groups is 1. The van der Waals surface area contributed by atoms with E-state index in [-0.39, 0.29) is 18.6 Å². The first kappa shape index (κ1) is 25.8. The number of urea groups is 1. The Hall–Kier alpha value is -3.79. The summed E-state index contributed by atoms with van der Waals surface area (Å²) >= 11 is 0. The Kier molecular flexibility index (Phi) is 9.31. The minimum Gasteiger partial charge on any atom is -0.467 e. The van der Waals surface area contributed by atoms with Crippen molar-refractivity contribution in [2.45, 2.75) is 39.3 Å². The SMILES string of the molecule is COC(=O)C(NC(=O)N(CCCCO)Cc1ccc(-c2ccccc2-c2nn[nH]n2)cc1)C(C)C. The zero-order valence-electron chi connectivity index (χ0n) is 20.3. The average molecular weight is 481 g/mol. The summed E-state index contributed by atoms with van der Waals surface area (Å²) in [5, 5.41) is 26.3. The van der Waals surface area contributed by atoms with Gasteiger partial charge >= 0.3 is 12.0 Å². The Balaban J connectivity index is 1.77. The molecule has 3 N–H and O–H groups in total. The molecule has 10 nitrogen and oxygen atoms in total. The van der Waals surface area contributed by atoms with Gasteiger partial charge in [0, 0.05) is 25.3 Å². The molecular weight excluding hydrogens is 448 g/mol. The van der Waals surface area contributed by atoms with Crippen LogP contribution in [0.3, 0.4) is 0 Å². The highest BCUT2D eigenvalue weighted by Gasteiger charge is 2.27. The lowest BCUT2D eigenvalue weighted by Gasteiger charge is -2.27. The van der Waals surface area contributed by atoms with Gasteiger partial charge in [0.1, 0.15) is 6.04 Å². The number of tetrazole rings is 1. The fourth-order valence-corrected chi connectivity index (χ4v) is 3.73. The van der Waals surface area contributed by atoms with Gasteiger partial charge in [0.15, 0.2) is 0 Å². The van der Waals surface area contributed by atoms with Crippen molar-refractivity contribution < 1.29 is 19.4 Å². The fourth-order valence-electron chi connectivity index (χ4n) is 3.73. The molecule has 0 aliphatic rings. The number of amides is 2. The van der Waals surface area contributed by atoms with Gasteiger partial charge in [-0.2, -0.15) is 5.21 Å². The summed E-state index contributed by atoms with van der Waals surface area (Å²) in [4.78, 5) is 26.8. The van der Waals surface area contributed by atoms with Crippen molar-refractivity contribution in [1.82, 2.24) is 30.8 Å². The number of aromatic amines is 1. The van der Waals surface area contributed by atoms with Gasteiger partial charge in [0.05, 0.1) is 7.11 Å². The first-order chi connectivity index (χ1) is 16.9. The minimum atomic E-state index is -0.739. The number of hydrogen-bond donors (Lipinski definition) is 3. The maximum atomic E-state index is 13.1. The molecule has 35 heavy (non-hydrogen) atoms. The van der Waals surface area contributed by atoms with Crippen molar-refractivity contribution in [3.05, 3.63) is 54.1 Å². The van der Waals surface area contributed by atoms with Gasteiger partial charge < -0.3 is 20.1 Å². The normalized spacial score (nSPS) is 11.8. The summed E-state index contributed by atoms with van der Waals surface area (Å²) in [6.07, 6.45) is 1.23. The predicted molar refractivity (Wildman–Crippen MR) is 131 cm³/mol. The number of methoxy groups -OCH3 is 1. The topological polar surface area (TPSA) is 133 Å². The number of unbranched alkanes of at least 4 members (excludes halogenated alkanes) is 1. The molecule has 2 aromatic carbocycles. The molecule has 0 saturated carbocycles. The first-order valence-corrected chi connectivity index (χ1v) is 11.6. The van der Waals surface area contributed by atoms with E-state index in [2.05, 4.69) is 25.9 Å². The van der Waals surface area contributed by atoms with Gasteiger partial charge in [-0.25, -0.2) is 9.59 Å². The summed E-state index contributed by atoms with van der Waals surface area (Å²) in [5.41, 5.74) is 3.75. The van der Waals surface area contributed by atoms with Crippen LogP contribution in [0.15, 0.2) is 48.5 Å². The number of aromatic nitrogens is 4. The largest absolute Gasteiger partial charge is 0.467 e. The fraction of sp³-hybridized carbons (Fsp3) is 0.400. The number of hydrogen-bond acceptors (Lipinski definition) is 7. The molecule has 0 fully saturated rings. The van der Waals surface area contributed by atoms with Crippen LogP contribution in [0.25, 0.3) is 22.5 Å². The van der Waals surface area contributed by atoms with E-state index < -0.39 is 12.0 Å². The second kappa shape index (κ2) is 12.6. The molecule has 0 bridgehead atoms. The van der Waals surface area contributed by atoms with Crippen molar-refractivity contribution in [3.63, 3.8) is 0 Å². The van der Waals surface area contributed by atoms with Gasteiger partial charge in [-0.05, 0) is 40.7 Å². The molecule has 1 heterocycles. The van der Waals surface area contributed by atoms with E-state index >= 15 is 0 Å². The first-order valence-electron chi connectivity index (χ1n) is 11.6. The number of esters is 1. The Morgan fingerprint density at radius 3 is 2.40 bits per heavy atom. The van der Waals surface area contributed by atoms with Crippen LogP contribution in [-0.4, -0.2) is 68.9 Å². The van der Waals surface area contributed by atoms with Gasteiger partial charge in [-0.15, -0.1) is 10.2 Å². The maximum Gasteiger partial charge on any atom is 0.328 e. The van der Waals surface area contributed by atoms with Crippen molar-refractivity contribution in [2.75, 3.05) is 20.3 Å². The Bertz CT molecular complexity index is 1090. The van der Waals surface area contributed by atoms with Crippen LogP contribution in [0.5, 0.6) is 0 Å². The van der Waals surface area contributed by atoms with Crippen LogP contribution in [-0.2, 0) is 16.1 Å². The second-order valence-electron chi connectivity index (χ2n) is 8.52. The number of rotatable bonds is 11. The Morgan fingerprint density at radius 1 is 1.09 bits per heavy atom. The number of carbonyl (C=O) groups is 2. The lowest BCUT2D eigenvalue weighted by molar-refractivity contribution is -0.144. The third-order valence-corrected chi connectivity index (χ3v) is 5.68. The smallest absolute Gasteiger partial charge is 0.328 e. The molecule has 0 saturated heterocycles. The molecule has 2 amide bonds. The summed E-state index contributed by atoms with van der Waals surface area (Å²) in [6.45, 7) is 4.56. The highest BCUT2D eigenvalue weighted by molar-refractivity contribution is 5.84. The quantitative estimate of drug-likeness (QED) is 0.284. The van der Waals surface area contributed by atoms with E-state index in [0.717, 1.165) is 22.3 Å². The summed E-state index contributed by atoms with van der Waals surface area (Å²) in [5.74, 6) is -0.0840. The molecule has 0 spiro atoms. The number of aliphatic hydroxyl groups excluding tert-OH is 1. The van der Waals surface area contributed by atoms with Crippen LogP contribution < -0.4 is 5.32 Å². The zero-order valence-corrected chi connectivity index (χ0v) is 20.3. The van der Waals surface area contributed by atoms with Crippen molar-refractivity contribution >= 4 is 12.0 Å². The Labute approximate surface area is 204 Å². The van der Waals surface area contributed by atoms with E-state index in [4.69, 9.17) is 9.84 Å². The molecule has 3 aromatic rings. The lowest BCUT2D eigenvalue weighted by Crippen LogP contribution is -2.50. The number of ether oxygens (including phenoxy) is 1. The number of nitrogens with zero attached hydrogens (tertiary/aromatic N) is 4. The third-order valence-electron chi connectivity index (χ3n) is 5.68. The number of nitrogens with one attached hydrogen (secondary N) is 2. The average Bonchev–Trinajstić information content (AvgIpc) is 3.41. The highest BCUT2D eigenvalue weighted by Crippen LogP contribution is 2.29. The molecular formula is C25H32N6O4. The van der Waals surface area contributed by atoms with Crippen LogP contribution in [0, 0.1) is 5.92 Å². The van der Waals surface area contributed by atoms with Crippen LogP contribution >= 0.6 is 0 Å². The van der Waals surface area contributed by atoms with Gasteiger partial charge in [0.25, 0.3) is 0 Å². The van der Waals surface area contributed by atoms with E-state index in [9.17, 15) is 9.59 Å². The zero-order chi connectivity index (χ0) is 25.2. The van der Waals surface area contributed by atoms with E-state index in [0.29, 0.717) is 31.8 Å². The van der Waals surface area contributed by atoms with Crippen LogP contribution in [0.2, 0.25) is 0 Å². The molecule has 186 valence electrons. The number of benzene rings is 2. The molecule has 0 aliphatic heterocycles. The molecule has 1 unspecified atom stereocenters.